The molecule has 36 heavy (non-hydrogen) atoms. The molecule has 2 aromatic carbocycles. The first-order chi connectivity index (χ1) is 17.3. The molecule has 2 aromatic heterocycles. The van der Waals surface area contributed by atoms with Crippen LogP contribution >= 0.6 is 0 Å². The van der Waals surface area contributed by atoms with Crippen molar-refractivity contribution in [3.63, 3.8) is 0 Å². The molecule has 3 heterocycles. The second-order valence-corrected chi connectivity index (χ2v) is 9.69. The molecular formula is C26H30F2N4O3S. The van der Waals surface area contributed by atoms with Gasteiger partial charge in [0.2, 0.25) is 5.78 Å². The van der Waals surface area contributed by atoms with Crippen molar-refractivity contribution in [2.75, 3.05) is 17.8 Å². The van der Waals surface area contributed by atoms with Crippen LogP contribution in [0.2, 0.25) is 0 Å². The molecule has 0 atom stereocenters. The number of H-pyrrole nitrogens is 1. The summed E-state index contributed by atoms with van der Waals surface area (Å²) in [4.78, 5) is 20.4. The maximum absolute atomic E-state index is 15.3. The Morgan fingerprint density at radius 1 is 1.06 bits per heavy atom. The molecular weight excluding hydrogens is 486 g/mol. The van der Waals surface area contributed by atoms with Crippen molar-refractivity contribution < 1.29 is 24.8 Å². The first kappa shape index (κ1) is 25.5. The van der Waals surface area contributed by atoms with E-state index >= 15 is 4.39 Å². The molecule has 7 nitrogen and oxygen atoms in total. The fourth-order valence-corrected chi connectivity index (χ4v) is 5.39. The van der Waals surface area contributed by atoms with Gasteiger partial charge in [-0.2, -0.15) is 12.7 Å². The summed E-state index contributed by atoms with van der Waals surface area (Å²) >= 11 is 0. The normalized spacial score (nSPS) is 13.9. The van der Waals surface area contributed by atoms with Crippen LogP contribution in [0.1, 0.15) is 45.5 Å². The lowest BCUT2D eigenvalue weighted by molar-refractivity contribution is 0.103. The zero-order valence-corrected chi connectivity index (χ0v) is 20.7. The smallest absolute Gasteiger partial charge is 0.301 e. The number of hydrogen-bond acceptors (Lipinski definition) is 4. The van der Waals surface area contributed by atoms with Crippen LogP contribution in [0.3, 0.4) is 0 Å². The quantitative estimate of drug-likeness (QED) is 0.307. The summed E-state index contributed by atoms with van der Waals surface area (Å²) in [6.07, 6.45) is 4.39. The molecule has 10 heteroatoms. The number of anilines is 1. The lowest BCUT2D eigenvalue weighted by atomic mass is 10.00. The van der Waals surface area contributed by atoms with Gasteiger partial charge in [-0.15, -0.1) is 0 Å². The van der Waals surface area contributed by atoms with Gasteiger partial charge < -0.3 is 4.98 Å². The first-order valence-electron chi connectivity index (χ1n) is 11.7. The number of fused-ring (bicyclic) bond motifs is 1. The predicted octanol–water partition coefficient (Wildman–Crippen LogP) is 6.01. The molecule has 1 fully saturated rings. The van der Waals surface area contributed by atoms with Crippen LogP contribution in [0.15, 0.2) is 60.9 Å². The van der Waals surface area contributed by atoms with Crippen molar-refractivity contribution in [3.8, 4) is 11.1 Å². The molecule has 5 rings (SSSR count). The van der Waals surface area contributed by atoms with Gasteiger partial charge in [0.1, 0.15) is 11.5 Å². The number of carbonyl (C=O) groups is 1. The Hall–Kier alpha value is -3.63. The summed E-state index contributed by atoms with van der Waals surface area (Å²) in [5, 5.41) is 0.396. The average Bonchev–Trinajstić information content (AvgIpc) is 3.58. The van der Waals surface area contributed by atoms with Gasteiger partial charge in [0.25, 0.3) is 0 Å². The second kappa shape index (κ2) is 10.5. The SMILES string of the molecule is CC.O=C(c1c(F)ccc(NS(=O)(=O)N2CCCC2)c1F)c1c[nH]c2ncc(-c3ccccc3)cc12.[HH].[HH]. The predicted molar refractivity (Wildman–Crippen MR) is 140 cm³/mol. The Morgan fingerprint density at radius 3 is 2.44 bits per heavy atom. The Morgan fingerprint density at radius 2 is 1.75 bits per heavy atom. The van der Waals surface area contributed by atoms with Crippen LogP contribution in [0.4, 0.5) is 14.5 Å². The third-order valence-corrected chi connectivity index (χ3v) is 7.37. The van der Waals surface area contributed by atoms with Crippen LogP contribution in [0.5, 0.6) is 0 Å². The van der Waals surface area contributed by atoms with Gasteiger partial charge >= 0.3 is 10.2 Å². The zero-order chi connectivity index (χ0) is 25.9. The summed E-state index contributed by atoms with van der Waals surface area (Å²) in [6.45, 7) is 4.63. The Bertz CT molecular complexity index is 1510. The largest absolute Gasteiger partial charge is 0.345 e. The third-order valence-electron chi connectivity index (χ3n) is 5.84. The summed E-state index contributed by atoms with van der Waals surface area (Å²) in [6, 6.07) is 12.9. The lowest BCUT2D eigenvalue weighted by Gasteiger charge is -2.18. The molecule has 0 spiro atoms. The van der Waals surface area contributed by atoms with Crippen molar-refractivity contribution in [2.24, 2.45) is 0 Å². The van der Waals surface area contributed by atoms with E-state index < -0.39 is 38.9 Å². The number of hydrogen-bond donors (Lipinski definition) is 2. The molecule has 1 aliphatic rings. The number of halogens is 2. The number of nitrogens with one attached hydrogen (secondary N) is 2. The number of benzene rings is 2. The van der Waals surface area contributed by atoms with Crippen LogP contribution < -0.4 is 4.72 Å². The topological polar surface area (TPSA) is 95.2 Å². The highest BCUT2D eigenvalue weighted by molar-refractivity contribution is 7.90. The van der Waals surface area contributed by atoms with Gasteiger partial charge in [-0.25, -0.2) is 13.8 Å². The van der Waals surface area contributed by atoms with Crippen LogP contribution in [0.25, 0.3) is 22.2 Å². The van der Waals surface area contributed by atoms with E-state index in [2.05, 4.69) is 14.7 Å². The molecule has 0 bridgehead atoms. The lowest BCUT2D eigenvalue weighted by Crippen LogP contribution is -2.33. The van der Waals surface area contributed by atoms with Crippen LogP contribution in [0, 0.1) is 11.6 Å². The van der Waals surface area contributed by atoms with E-state index in [1.165, 1.54) is 10.5 Å². The number of pyridine rings is 1. The van der Waals surface area contributed by atoms with E-state index in [0.29, 0.717) is 37.0 Å². The van der Waals surface area contributed by atoms with E-state index in [-0.39, 0.29) is 8.42 Å². The van der Waals surface area contributed by atoms with E-state index in [9.17, 15) is 17.6 Å². The Balaban J connectivity index is 0.00000124. The standard InChI is InChI=1S/C24H20F2N4O3S.C2H6.2H2/c25-19-8-9-20(29-34(32,33)30-10-4-5-11-30)22(26)21(19)23(31)18-14-28-24-17(18)12-16(13-27-24)15-6-2-1-3-7-15;1-2;;/h1-3,6-9,12-14,29H,4-5,10-11H2,(H,27,28);1-2H3;2*1H. The summed E-state index contributed by atoms with van der Waals surface area (Å²) in [5.41, 5.74) is 0.682. The minimum atomic E-state index is -4.02. The van der Waals surface area contributed by atoms with Crippen molar-refractivity contribution in [3.05, 3.63) is 83.7 Å². The second-order valence-electron chi connectivity index (χ2n) is 8.01. The van der Waals surface area contributed by atoms with Gasteiger partial charge in [0, 0.05) is 44.8 Å². The highest BCUT2D eigenvalue weighted by atomic mass is 32.2. The highest BCUT2D eigenvalue weighted by Gasteiger charge is 2.29. The number of ketones is 1. The summed E-state index contributed by atoms with van der Waals surface area (Å²) < 4.78 is 58.4. The zero-order valence-electron chi connectivity index (χ0n) is 19.9. The third kappa shape index (κ3) is 4.87. The minimum Gasteiger partial charge on any atom is -0.345 e. The molecule has 4 aromatic rings. The van der Waals surface area contributed by atoms with Crippen LogP contribution in [-0.4, -0.2) is 41.6 Å². The summed E-state index contributed by atoms with van der Waals surface area (Å²) in [5.74, 6) is -3.28. The average molecular weight is 517 g/mol. The Kier molecular flexibility index (Phi) is 7.46. The summed E-state index contributed by atoms with van der Waals surface area (Å²) in [7, 11) is -4.02. The van der Waals surface area contributed by atoms with Crippen molar-refractivity contribution >= 4 is 32.7 Å². The van der Waals surface area contributed by atoms with E-state index in [1.807, 2.05) is 44.2 Å². The van der Waals surface area contributed by atoms with Gasteiger partial charge in [0.05, 0.1) is 11.3 Å². The maximum atomic E-state index is 15.3. The number of nitrogens with zero attached hydrogens (tertiary/aromatic N) is 2. The monoisotopic (exact) mass is 516 g/mol. The van der Waals surface area contributed by atoms with E-state index in [4.69, 9.17) is 0 Å². The number of aromatic amines is 1. The molecule has 0 aliphatic carbocycles. The fraction of sp³-hybridized carbons (Fsp3) is 0.231. The minimum absolute atomic E-state index is 0. The number of carbonyl (C=O) groups excluding carboxylic acids is 1. The van der Waals surface area contributed by atoms with Gasteiger partial charge in [0.15, 0.2) is 5.82 Å². The highest BCUT2D eigenvalue weighted by Crippen LogP contribution is 2.30. The molecule has 1 saturated heterocycles. The Labute approximate surface area is 211 Å². The number of aromatic nitrogens is 2. The van der Waals surface area contributed by atoms with Gasteiger partial charge in [-0.3, -0.25) is 9.52 Å². The molecule has 0 saturated carbocycles. The van der Waals surface area contributed by atoms with Gasteiger partial charge in [-0.1, -0.05) is 44.2 Å². The van der Waals surface area contributed by atoms with Crippen molar-refractivity contribution in [1.29, 1.82) is 0 Å². The van der Waals surface area contributed by atoms with Crippen molar-refractivity contribution in [2.45, 2.75) is 26.7 Å². The number of rotatable bonds is 6. The fourth-order valence-electron chi connectivity index (χ4n) is 4.09. The molecule has 0 radical (unpaired) electrons. The molecule has 192 valence electrons. The first-order valence-corrected chi connectivity index (χ1v) is 13.1. The molecule has 0 unspecified atom stereocenters. The molecule has 0 amide bonds. The van der Waals surface area contributed by atoms with Crippen LogP contribution in [-0.2, 0) is 10.2 Å². The maximum Gasteiger partial charge on any atom is 0.301 e. The molecule has 1 aliphatic heterocycles. The van der Waals surface area contributed by atoms with Crippen molar-refractivity contribution in [1.82, 2.24) is 14.3 Å². The van der Waals surface area contributed by atoms with E-state index in [1.54, 1.807) is 12.3 Å². The van der Waals surface area contributed by atoms with E-state index in [0.717, 1.165) is 23.3 Å². The van der Waals surface area contributed by atoms with Gasteiger partial charge in [-0.05, 0) is 36.6 Å². The molecule has 2 N–H and O–H groups in total.